The highest BCUT2D eigenvalue weighted by atomic mass is 127. The van der Waals surface area contributed by atoms with Gasteiger partial charge < -0.3 is 10.1 Å². The lowest BCUT2D eigenvalue weighted by Gasteiger charge is -2.10. The first kappa shape index (κ1) is 18.5. The number of fused-ring (bicyclic) bond motifs is 1. The summed E-state index contributed by atoms with van der Waals surface area (Å²) in [4.78, 5) is 12.3. The average Bonchev–Trinajstić information content (AvgIpc) is 2.81. The molecule has 25 heavy (non-hydrogen) atoms. The fraction of sp³-hybridized carbons (Fsp3) is 0.118. The average molecular weight is 571 g/mol. The van der Waals surface area contributed by atoms with Crippen molar-refractivity contribution in [2.45, 2.75) is 6.18 Å². The molecule has 2 aromatic carbocycles. The maximum atomic E-state index is 12.8. The van der Waals surface area contributed by atoms with Crippen LogP contribution < -0.4 is 10.1 Å². The molecular formula is C17H10F3I2NO2. The summed E-state index contributed by atoms with van der Waals surface area (Å²) in [5, 5.41) is 2.50. The summed E-state index contributed by atoms with van der Waals surface area (Å²) in [7, 11) is 1.53. The predicted molar refractivity (Wildman–Crippen MR) is 106 cm³/mol. The van der Waals surface area contributed by atoms with E-state index in [-0.39, 0.29) is 5.69 Å². The first-order valence-corrected chi connectivity index (χ1v) is 9.14. The van der Waals surface area contributed by atoms with E-state index < -0.39 is 17.6 Å². The van der Waals surface area contributed by atoms with Crippen molar-refractivity contribution >= 4 is 68.4 Å². The van der Waals surface area contributed by atoms with E-state index >= 15 is 0 Å². The number of hydrogen-bond donors (Lipinski definition) is 1. The van der Waals surface area contributed by atoms with E-state index in [1.54, 1.807) is 6.08 Å². The van der Waals surface area contributed by atoms with Gasteiger partial charge in [-0.25, -0.2) is 0 Å². The minimum atomic E-state index is -4.46. The van der Waals surface area contributed by atoms with Crippen LogP contribution in [0.4, 0.5) is 18.9 Å². The highest BCUT2D eigenvalue weighted by Gasteiger charge is 2.33. The van der Waals surface area contributed by atoms with Crippen LogP contribution >= 0.6 is 45.2 Å². The van der Waals surface area contributed by atoms with Gasteiger partial charge >= 0.3 is 6.18 Å². The molecule has 0 saturated carbocycles. The second-order valence-electron chi connectivity index (χ2n) is 5.28. The smallest absolute Gasteiger partial charge is 0.416 e. The topological polar surface area (TPSA) is 38.3 Å². The monoisotopic (exact) mass is 571 g/mol. The lowest BCUT2D eigenvalue weighted by molar-refractivity contribution is -0.137. The molecule has 8 heteroatoms. The summed E-state index contributed by atoms with van der Waals surface area (Å²) in [5.74, 6) is 0.173. The Hall–Kier alpha value is -1.30. The molecule has 0 atom stereocenters. The number of rotatable bonds is 2. The number of ether oxygens (including phenoxy) is 1. The normalized spacial score (nSPS) is 15.3. The van der Waals surface area contributed by atoms with Crippen molar-refractivity contribution in [3.63, 3.8) is 0 Å². The van der Waals surface area contributed by atoms with Crippen LogP contribution in [0.3, 0.4) is 0 Å². The minimum Gasteiger partial charge on any atom is -0.495 e. The molecule has 0 bridgehead atoms. The highest BCUT2D eigenvalue weighted by molar-refractivity contribution is 14.1. The fourth-order valence-electron chi connectivity index (χ4n) is 2.57. The Morgan fingerprint density at radius 3 is 2.52 bits per heavy atom. The Kier molecular flexibility index (Phi) is 5.02. The predicted octanol–water partition coefficient (Wildman–Crippen LogP) is 5.42. The molecule has 0 unspecified atom stereocenters. The van der Waals surface area contributed by atoms with Gasteiger partial charge in [0, 0.05) is 26.0 Å². The Balaban J connectivity index is 2.12. The number of benzene rings is 2. The van der Waals surface area contributed by atoms with Gasteiger partial charge in [-0.05, 0) is 75.5 Å². The van der Waals surface area contributed by atoms with Crippen LogP contribution in [0.5, 0.6) is 5.75 Å². The van der Waals surface area contributed by atoms with Crippen LogP contribution in [0.2, 0.25) is 0 Å². The van der Waals surface area contributed by atoms with Crippen LogP contribution in [0.1, 0.15) is 16.7 Å². The number of anilines is 1. The molecule has 2 aromatic rings. The molecule has 1 aliphatic heterocycles. The molecule has 1 heterocycles. The van der Waals surface area contributed by atoms with Crippen LogP contribution in [0.25, 0.3) is 11.6 Å². The Bertz CT molecular complexity index is 907. The van der Waals surface area contributed by atoms with Gasteiger partial charge in [0.2, 0.25) is 0 Å². The number of nitrogens with one attached hydrogen (secondary N) is 1. The molecule has 3 rings (SSSR count). The number of hydrogen-bond acceptors (Lipinski definition) is 2. The molecule has 1 N–H and O–H groups in total. The van der Waals surface area contributed by atoms with Gasteiger partial charge in [-0.15, -0.1) is 0 Å². The van der Waals surface area contributed by atoms with Crippen LogP contribution in [-0.4, -0.2) is 13.0 Å². The first-order valence-electron chi connectivity index (χ1n) is 6.98. The number of methoxy groups -OCH3 is 1. The van der Waals surface area contributed by atoms with Crippen molar-refractivity contribution in [3.05, 3.63) is 54.2 Å². The number of carbonyl (C=O) groups is 1. The van der Waals surface area contributed by atoms with E-state index in [4.69, 9.17) is 4.74 Å². The summed E-state index contributed by atoms with van der Waals surface area (Å²) in [6.45, 7) is 0. The van der Waals surface area contributed by atoms with Gasteiger partial charge in [-0.2, -0.15) is 13.2 Å². The molecule has 3 nitrogen and oxygen atoms in total. The Labute approximate surface area is 168 Å². The van der Waals surface area contributed by atoms with Gasteiger partial charge in [-0.1, -0.05) is 6.07 Å². The van der Waals surface area contributed by atoms with Crippen molar-refractivity contribution in [1.29, 1.82) is 0 Å². The summed E-state index contributed by atoms with van der Waals surface area (Å²) >= 11 is 4.29. The standard InChI is InChI=1S/C17H10F3I2NO2/c1-25-15-8(4-10(21)7-13(15)22)5-12-11-3-2-9(17(18,19)20)6-14(11)23-16(12)24/h2-7H,1H3,(H,23,24)/b12-5-. The van der Waals surface area contributed by atoms with E-state index in [9.17, 15) is 18.0 Å². The van der Waals surface area contributed by atoms with Gasteiger partial charge in [0.25, 0.3) is 5.91 Å². The molecule has 1 aliphatic rings. The maximum Gasteiger partial charge on any atom is 0.416 e. The second kappa shape index (κ2) is 6.78. The third-order valence-corrected chi connectivity index (χ3v) is 5.10. The van der Waals surface area contributed by atoms with Crippen LogP contribution in [0, 0.1) is 7.14 Å². The molecule has 0 spiro atoms. The lowest BCUT2D eigenvalue weighted by atomic mass is 10.0. The third-order valence-electron chi connectivity index (χ3n) is 3.67. The Morgan fingerprint density at radius 1 is 1.16 bits per heavy atom. The minimum absolute atomic E-state index is 0.158. The first-order chi connectivity index (χ1) is 11.7. The summed E-state index contributed by atoms with van der Waals surface area (Å²) in [5.41, 5.74) is 0.796. The second-order valence-corrected chi connectivity index (χ2v) is 7.69. The maximum absolute atomic E-state index is 12.8. The molecule has 0 aliphatic carbocycles. The van der Waals surface area contributed by atoms with Crippen molar-refractivity contribution < 1.29 is 22.7 Å². The van der Waals surface area contributed by atoms with Crippen molar-refractivity contribution in [3.8, 4) is 5.75 Å². The zero-order chi connectivity index (χ0) is 18.4. The van der Waals surface area contributed by atoms with Crippen LogP contribution in [0.15, 0.2) is 30.3 Å². The van der Waals surface area contributed by atoms with E-state index in [2.05, 4.69) is 50.5 Å². The van der Waals surface area contributed by atoms with Crippen molar-refractivity contribution in [2.75, 3.05) is 12.4 Å². The van der Waals surface area contributed by atoms with Crippen LogP contribution in [-0.2, 0) is 11.0 Å². The van der Waals surface area contributed by atoms with E-state index in [1.807, 2.05) is 12.1 Å². The summed E-state index contributed by atoms with van der Waals surface area (Å²) in [6, 6.07) is 7.02. The number of alkyl halides is 3. The molecule has 0 radical (unpaired) electrons. The molecule has 0 saturated heterocycles. The van der Waals surface area contributed by atoms with E-state index in [0.29, 0.717) is 22.4 Å². The third kappa shape index (κ3) is 3.64. The van der Waals surface area contributed by atoms with Crippen molar-refractivity contribution in [2.24, 2.45) is 0 Å². The number of amides is 1. The van der Waals surface area contributed by atoms with E-state index in [1.165, 1.54) is 13.2 Å². The summed E-state index contributed by atoms with van der Waals surface area (Å²) < 4.78 is 45.7. The fourth-order valence-corrected chi connectivity index (χ4v) is 4.68. The van der Waals surface area contributed by atoms with Gasteiger partial charge in [0.15, 0.2) is 0 Å². The largest absolute Gasteiger partial charge is 0.495 e. The van der Waals surface area contributed by atoms with Gasteiger partial charge in [-0.3, -0.25) is 4.79 Å². The zero-order valence-corrected chi connectivity index (χ0v) is 17.0. The molecular weight excluding hydrogens is 561 g/mol. The molecule has 1 amide bonds. The Morgan fingerprint density at radius 2 is 1.88 bits per heavy atom. The molecule has 0 fully saturated rings. The highest BCUT2D eigenvalue weighted by Crippen LogP contribution is 2.39. The van der Waals surface area contributed by atoms with Gasteiger partial charge in [0.05, 0.1) is 16.2 Å². The number of halogens is 5. The SMILES string of the molecule is COc1c(I)cc(I)cc1/C=C1\C(=O)Nc2cc(C(F)(F)F)ccc21. The molecule has 130 valence electrons. The zero-order valence-electron chi connectivity index (χ0n) is 12.7. The van der Waals surface area contributed by atoms with E-state index in [0.717, 1.165) is 19.3 Å². The van der Waals surface area contributed by atoms with Crippen molar-refractivity contribution in [1.82, 2.24) is 0 Å². The molecule has 0 aromatic heterocycles. The van der Waals surface area contributed by atoms with Gasteiger partial charge in [0.1, 0.15) is 5.75 Å². The summed E-state index contributed by atoms with van der Waals surface area (Å²) in [6.07, 6.45) is -2.82. The lowest BCUT2D eigenvalue weighted by Crippen LogP contribution is -2.06. The number of carbonyl (C=O) groups excluding carboxylic acids is 1. The quantitative estimate of drug-likeness (QED) is 0.387.